The first-order chi connectivity index (χ1) is 14.3. The summed E-state index contributed by atoms with van der Waals surface area (Å²) in [6.45, 7) is 2.30. The van der Waals surface area contributed by atoms with Crippen molar-refractivity contribution < 1.29 is 27.4 Å². The minimum Gasteiger partial charge on any atom is -0.493 e. The molecule has 0 heterocycles. The van der Waals surface area contributed by atoms with Gasteiger partial charge >= 0.3 is 6.18 Å². The van der Waals surface area contributed by atoms with Crippen molar-refractivity contribution in [3.05, 3.63) is 89.0 Å². The largest absolute Gasteiger partial charge is 0.493 e. The maximum absolute atomic E-state index is 13.1. The fourth-order valence-electron chi connectivity index (χ4n) is 2.81. The summed E-state index contributed by atoms with van der Waals surface area (Å²) in [5.41, 5.74) is 1.02. The third-order valence-electron chi connectivity index (χ3n) is 4.42. The molecule has 3 aromatic carbocycles. The summed E-state index contributed by atoms with van der Waals surface area (Å²) in [6, 6.07) is 17.1. The number of hydrogen-bond donors (Lipinski definition) is 1. The van der Waals surface area contributed by atoms with E-state index in [0.717, 1.165) is 17.2 Å². The molecule has 0 aliphatic carbocycles. The fraction of sp³-hybridized carbons (Fsp3) is 0.174. The van der Waals surface area contributed by atoms with Gasteiger partial charge in [-0.3, -0.25) is 4.79 Å². The minimum absolute atomic E-state index is 0.145. The highest BCUT2D eigenvalue weighted by Crippen LogP contribution is 2.35. The third-order valence-corrected chi connectivity index (χ3v) is 4.42. The molecule has 3 rings (SSSR count). The second kappa shape index (κ2) is 8.90. The molecule has 0 spiro atoms. The van der Waals surface area contributed by atoms with Crippen LogP contribution in [0.15, 0.2) is 66.7 Å². The Balaban J connectivity index is 1.76. The number of para-hydroxylation sites is 1. The van der Waals surface area contributed by atoms with Crippen molar-refractivity contribution in [2.45, 2.75) is 19.7 Å². The number of hydrogen-bond acceptors (Lipinski definition) is 3. The van der Waals surface area contributed by atoms with E-state index in [0.29, 0.717) is 18.1 Å². The second-order valence-corrected chi connectivity index (χ2v) is 6.64. The molecule has 3 aromatic rings. The highest BCUT2D eigenvalue weighted by atomic mass is 19.4. The Hall–Kier alpha value is -3.48. The van der Waals surface area contributed by atoms with Crippen LogP contribution in [0.5, 0.6) is 11.5 Å². The molecule has 0 aliphatic rings. The maximum Gasteiger partial charge on any atom is 0.418 e. The van der Waals surface area contributed by atoms with Crippen LogP contribution >= 0.6 is 0 Å². The Bertz CT molecular complexity index is 1030. The third kappa shape index (κ3) is 5.11. The summed E-state index contributed by atoms with van der Waals surface area (Å²) >= 11 is 0. The molecule has 1 amide bonds. The molecule has 0 bridgehead atoms. The maximum atomic E-state index is 13.1. The molecule has 0 radical (unpaired) electrons. The molecule has 0 aromatic heterocycles. The number of aryl methyl sites for hydroxylation is 1. The zero-order valence-corrected chi connectivity index (χ0v) is 16.4. The Labute approximate surface area is 172 Å². The van der Waals surface area contributed by atoms with E-state index in [1.165, 1.54) is 37.4 Å². The van der Waals surface area contributed by atoms with Crippen LogP contribution in [0.3, 0.4) is 0 Å². The molecule has 0 atom stereocenters. The number of carbonyl (C=O) groups excluding carboxylic acids is 1. The zero-order valence-electron chi connectivity index (χ0n) is 16.4. The number of rotatable bonds is 6. The van der Waals surface area contributed by atoms with Crippen molar-refractivity contribution in [2.75, 3.05) is 12.4 Å². The van der Waals surface area contributed by atoms with E-state index in [1.54, 1.807) is 6.07 Å². The molecular formula is C23H20F3NO3. The Morgan fingerprint density at radius 1 is 0.967 bits per heavy atom. The molecule has 156 valence electrons. The van der Waals surface area contributed by atoms with Gasteiger partial charge in [-0.15, -0.1) is 0 Å². The average molecular weight is 415 g/mol. The van der Waals surface area contributed by atoms with Gasteiger partial charge < -0.3 is 14.8 Å². The molecule has 0 fully saturated rings. The van der Waals surface area contributed by atoms with Crippen LogP contribution in [-0.4, -0.2) is 13.0 Å². The van der Waals surface area contributed by atoms with E-state index in [1.807, 2.05) is 31.2 Å². The van der Waals surface area contributed by atoms with Gasteiger partial charge in [-0.1, -0.05) is 42.0 Å². The van der Waals surface area contributed by atoms with E-state index < -0.39 is 17.6 Å². The predicted molar refractivity (Wildman–Crippen MR) is 108 cm³/mol. The standard InChI is InChI=1S/C23H20F3NO3/c1-15-7-9-16(10-8-15)14-30-20-12-11-17(13-21(20)29-2)22(28)27-19-6-4-3-5-18(19)23(24,25)26/h3-13H,14H2,1-2H3,(H,27,28). The summed E-state index contributed by atoms with van der Waals surface area (Å²) < 4.78 is 50.4. The molecule has 7 heteroatoms. The van der Waals surface area contributed by atoms with E-state index in [9.17, 15) is 18.0 Å². The van der Waals surface area contributed by atoms with Crippen molar-refractivity contribution in [3.63, 3.8) is 0 Å². The highest BCUT2D eigenvalue weighted by molar-refractivity contribution is 6.05. The first-order valence-electron chi connectivity index (χ1n) is 9.12. The second-order valence-electron chi connectivity index (χ2n) is 6.64. The monoisotopic (exact) mass is 415 g/mol. The van der Waals surface area contributed by atoms with Crippen LogP contribution in [0.25, 0.3) is 0 Å². The number of ether oxygens (including phenoxy) is 2. The van der Waals surface area contributed by atoms with E-state index in [4.69, 9.17) is 9.47 Å². The zero-order chi connectivity index (χ0) is 21.7. The molecule has 1 N–H and O–H groups in total. The topological polar surface area (TPSA) is 47.6 Å². The minimum atomic E-state index is -4.57. The smallest absolute Gasteiger partial charge is 0.418 e. The van der Waals surface area contributed by atoms with Crippen molar-refractivity contribution >= 4 is 11.6 Å². The summed E-state index contributed by atoms with van der Waals surface area (Å²) in [6.07, 6.45) is -4.57. The lowest BCUT2D eigenvalue weighted by Gasteiger charge is -2.15. The quantitative estimate of drug-likeness (QED) is 0.549. The van der Waals surface area contributed by atoms with Crippen LogP contribution < -0.4 is 14.8 Å². The number of nitrogens with one attached hydrogen (secondary N) is 1. The van der Waals surface area contributed by atoms with Gasteiger partial charge in [0.15, 0.2) is 11.5 Å². The van der Waals surface area contributed by atoms with Gasteiger partial charge in [-0.25, -0.2) is 0 Å². The van der Waals surface area contributed by atoms with Crippen LogP contribution in [0.1, 0.15) is 27.0 Å². The number of benzene rings is 3. The summed E-state index contributed by atoms with van der Waals surface area (Å²) in [4.78, 5) is 12.5. The van der Waals surface area contributed by atoms with E-state index >= 15 is 0 Å². The molecule has 0 saturated heterocycles. The van der Waals surface area contributed by atoms with Crippen LogP contribution in [-0.2, 0) is 12.8 Å². The van der Waals surface area contributed by atoms with Crippen molar-refractivity contribution in [2.24, 2.45) is 0 Å². The summed E-state index contributed by atoms with van der Waals surface area (Å²) in [5.74, 6) is 0.0410. The van der Waals surface area contributed by atoms with E-state index in [-0.39, 0.29) is 11.3 Å². The predicted octanol–water partition coefficient (Wildman–Crippen LogP) is 5.85. The molecule has 0 saturated carbocycles. The Kier molecular flexibility index (Phi) is 6.30. The van der Waals surface area contributed by atoms with Gasteiger partial charge in [-0.05, 0) is 42.8 Å². The van der Waals surface area contributed by atoms with Crippen molar-refractivity contribution in [1.82, 2.24) is 0 Å². The lowest BCUT2D eigenvalue weighted by molar-refractivity contribution is -0.136. The molecule has 30 heavy (non-hydrogen) atoms. The van der Waals surface area contributed by atoms with Crippen molar-refractivity contribution in [1.29, 1.82) is 0 Å². The number of halogens is 3. The first kappa shape index (κ1) is 21.2. The van der Waals surface area contributed by atoms with E-state index in [2.05, 4.69) is 5.32 Å². The number of anilines is 1. The van der Waals surface area contributed by atoms with Crippen LogP contribution in [0, 0.1) is 6.92 Å². The molecule has 0 aliphatic heterocycles. The first-order valence-corrected chi connectivity index (χ1v) is 9.12. The van der Waals surface area contributed by atoms with Crippen LogP contribution in [0.2, 0.25) is 0 Å². The van der Waals surface area contributed by atoms with Gasteiger partial charge in [0.05, 0.1) is 18.4 Å². The number of amides is 1. The van der Waals surface area contributed by atoms with Gasteiger partial charge in [0.2, 0.25) is 0 Å². The molecular weight excluding hydrogens is 395 g/mol. The normalized spacial score (nSPS) is 11.1. The van der Waals surface area contributed by atoms with Crippen LogP contribution in [0.4, 0.5) is 18.9 Å². The molecule has 4 nitrogen and oxygen atoms in total. The fourth-order valence-corrected chi connectivity index (χ4v) is 2.81. The summed E-state index contributed by atoms with van der Waals surface area (Å²) in [7, 11) is 1.43. The SMILES string of the molecule is COc1cc(C(=O)Nc2ccccc2C(F)(F)F)ccc1OCc1ccc(C)cc1. The van der Waals surface area contributed by atoms with Gasteiger partial charge in [0.1, 0.15) is 6.61 Å². The van der Waals surface area contributed by atoms with Crippen molar-refractivity contribution in [3.8, 4) is 11.5 Å². The van der Waals surface area contributed by atoms with Gasteiger partial charge in [0.25, 0.3) is 5.91 Å². The number of methoxy groups -OCH3 is 1. The number of carbonyl (C=O) groups is 1. The average Bonchev–Trinajstić information content (AvgIpc) is 2.73. The lowest BCUT2D eigenvalue weighted by Crippen LogP contribution is -2.16. The summed E-state index contributed by atoms with van der Waals surface area (Å²) in [5, 5.41) is 2.31. The Morgan fingerprint density at radius 2 is 1.67 bits per heavy atom. The Morgan fingerprint density at radius 3 is 2.33 bits per heavy atom. The number of alkyl halides is 3. The highest BCUT2D eigenvalue weighted by Gasteiger charge is 2.33. The lowest BCUT2D eigenvalue weighted by atomic mass is 10.1. The van der Waals surface area contributed by atoms with Gasteiger partial charge in [-0.2, -0.15) is 13.2 Å². The van der Waals surface area contributed by atoms with Gasteiger partial charge in [0, 0.05) is 5.56 Å². The molecule has 0 unspecified atom stereocenters.